The maximum atomic E-state index is 5.81. The highest BCUT2D eigenvalue weighted by Gasteiger charge is 2.14. The van der Waals surface area contributed by atoms with E-state index in [2.05, 4.69) is 53.3 Å². The van der Waals surface area contributed by atoms with Gasteiger partial charge < -0.3 is 4.74 Å². The first-order valence-corrected chi connectivity index (χ1v) is 6.88. The molecular weight excluding hydrogens is 208 g/mol. The molecule has 0 aromatic rings. The van der Waals surface area contributed by atoms with E-state index in [1.807, 2.05) is 6.08 Å². The lowest BCUT2D eigenvalue weighted by molar-refractivity contribution is -0.00365. The molecule has 0 aliphatic heterocycles. The van der Waals surface area contributed by atoms with Crippen LogP contribution < -0.4 is 0 Å². The SMILES string of the molecule is C=CCC(/C=C\COC(C)(C)CC)C(C)CC. The number of rotatable bonds is 9. The third-order valence-electron chi connectivity index (χ3n) is 3.62. The van der Waals surface area contributed by atoms with Crippen LogP contribution in [0.4, 0.5) is 0 Å². The van der Waals surface area contributed by atoms with Gasteiger partial charge in [-0.3, -0.25) is 0 Å². The fourth-order valence-electron chi connectivity index (χ4n) is 1.60. The predicted molar refractivity (Wildman–Crippen MR) is 77.2 cm³/mol. The van der Waals surface area contributed by atoms with Gasteiger partial charge in [-0.1, -0.05) is 45.4 Å². The van der Waals surface area contributed by atoms with E-state index in [0.717, 1.165) is 12.8 Å². The molecular formula is C16H30O. The van der Waals surface area contributed by atoms with Gasteiger partial charge in [0, 0.05) is 0 Å². The first-order chi connectivity index (χ1) is 7.96. The van der Waals surface area contributed by atoms with Crippen molar-refractivity contribution in [3.8, 4) is 0 Å². The van der Waals surface area contributed by atoms with Gasteiger partial charge in [0.15, 0.2) is 0 Å². The van der Waals surface area contributed by atoms with Gasteiger partial charge in [-0.05, 0) is 38.5 Å². The molecule has 0 aromatic heterocycles. The largest absolute Gasteiger partial charge is 0.372 e. The Bertz CT molecular complexity index is 228. The molecule has 0 saturated heterocycles. The number of hydrogen-bond acceptors (Lipinski definition) is 1. The normalized spacial score (nSPS) is 16.1. The maximum Gasteiger partial charge on any atom is 0.0654 e. The Morgan fingerprint density at radius 1 is 1.29 bits per heavy atom. The summed E-state index contributed by atoms with van der Waals surface area (Å²) in [6, 6.07) is 0. The molecule has 2 unspecified atom stereocenters. The Kier molecular flexibility index (Phi) is 8.24. The Morgan fingerprint density at radius 3 is 2.41 bits per heavy atom. The fourth-order valence-corrected chi connectivity index (χ4v) is 1.60. The van der Waals surface area contributed by atoms with Gasteiger partial charge in [0.05, 0.1) is 12.2 Å². The van der Waals surface area contributed by atoms with Crippen LogP contribution in [0.5, 0.6) is 0 Å². The summed E-state index contributed by atoms with van der Waals surface area (Å²) in [4.78, 5) is 0. The molecule has 1 nitrogen and oxygen atoms in total. The van der Waals surface area contributed by atoms with Gasteiger partial charge >= 0.3 is 0 Å². The quantitative estimate of drug-likeness (QED) is 0.514. The molecule has 0 bridgehead atoms. The zero-order chi connectivity index (χ0) is 13.3. The van der Waals surface area contributed by atoms with E-state index in [1.54, 1.807) is 0 Å². The molecule has 0 aromatic carbocycles. The highest BCUT2D eigenvalue weighted by atomic mass is 16.5. The molecule has 0 radical (unpaired) electrons. The molecule has 2 atom stereocenters. The van der Waals surface area contributed by atoms with E-state index in [0.29, 0.717) is 18.4 Å². The van der Waals surface area contributed by atoms with Gasteiger partial charge in [-0.2, -0.15) is 0 Å². The first kappa shape index (κ1) is 16.4. The van der Waals surface area contributed by atoms with E-state index in [9.17, 15) is 0 Å². The summed E-state index contributed by atoms with van der Waals surface area (Å²) in [5.74, 6) is 1.31. The average Bonchev–Trinajstić information content (AvgIpc) is 2.32. The van der Waals surface area contributed by atoms with E-state index >= 15 is 0 Å². The summed E-state index contributed by atoms with van der Waals surface area (Å²) in [5, 5.41) is 0. The van der Waals surface area contributed by atoms with E-state index < -0.39 is 0 Å². The van der Waals surface area contributed by atoms with Crippen molar-refractivity contribution >= 4 is 0 Å². The third kappa shape index (κ3) is 7.38. The maximum absolute atomic E-state index is 5.81. The minimum Gasteiger partial charge on any atom is -0.372 e. The highest BCUT2D eigenvalue weighted by Crippen LogP contribution is 2.21. The lowest BCUT2D eigenvalue weighted by Gasteiger charge is -2.23. The smallest absolute Gasteiger partial charge is 0.0654 e. The first-order valence-electron chi connectivity index (χ1n) is 6.88. The molecule has 0 fully saturated rings. The lowest BCUT2D eigenvalue weighted by atomic mass is 9.89. The minimum atomic E-state index is -0.00531. The van der Waals surface area contributed by atoms with Crippen LogP contribution in [0.15, 0.2) is 24.8 Å². The number of hydrogen-bond donors (Lipinski definition) is 0. The van der Waals surface area contributed by atoms with Crippen LogP contribution in [0, 0.1) is 11.8 Å². The molecule has 0 aliphatic rings. The van der Waals surface area contributed by atoms with Crippen LogP contribution in [0.3, 0.4) is 0 Å². The summed E-state index contributed by atoms with van der Waals surface area (Å²) >= 11 is 0. The zero-order valence-electron chi connectivity index (χ0n) is 12.3. The second-order valence-corrected chi connectivity index (χ2v) is 5.43. The Labute approximate surface area is 108 Å². The van der Waals surface area contributed by atoms with Crippen molar-refractivity contribution < 1.29 is 4.74 Å². The molecule has 0 spiro atoms. The standard InChI is InChI=1S/C16H30O/c1-7-11-15(14(4)8-2)12-10-13-17-16(5,6)9-3/h7,10,12,14-15H,1,8-9,11,13H2,2-6H3/b12-10-. The van der Waals surface area contributed by atoms with Crippen molar-refractivity contribution in [1.29, 1.82) is 0 Å². The Morgan fingerprint density at radius 2 is 1.94 bits per heavy atom. The van der Waals surface area contributed by atoms with Crippen molar-refractivity contribution in [3.63, 3.8) is 0 Å². The molecule has 100 valence electrons. The Balaban J connectivity index is 4.13. The molecule has 0 rings (SSSR count). The molecule has 1 heteroatoms. The highest BCUT2D eigenvalue weighted by molar-refractivity contribution is 4.94. The van der Waals surface area contributed by atoms with Crippen molar-refractivity contribution in [2.75, 3.05) is 6.61 Å². The van der Waals surface area contributed by atoms with Gasteiger partial charge in [-0.25, -0.2) is 0 Å². The topological polar surface area (TPSA) is 9.23 Å². The minimum absolute atomic E-state index is 0.00531. The second kappa shape index (κ2) is 8.52. The van der Waals surface area contributed by atoms with Crippen molar-refractivity contribution in [1.82, 2.24) is 0 Å². The Hall–Kier alpha value is -0.560. The summed E-state index contributed by atoms with van der Waals surface area (Å²) in [5.41, 5.74) is -0.00531. The van der Waals surface area contributed by atoms with Gasteiger partial charge in [0.2, 0.25) is 0 Å². The van der Waals surface area contributed by atoms with E-state index in [-0.39, 0.29) is 5.60 Å². The lowest BCUT2D eigenvalue weighted by Crippen LogP contribution is -2.23. The summed E-state index contributed by atoms with van der Waals surface area (Å²) in [7, 11) is 0. The van der Waals surface area contributed by atoms with Crippen LogP contribution in [0.2, 0.25) is 0 Å². The van der Waals surface area contributed by atoms with Crippen molar-refractivity contribution in [3.05, 3.63) is 24.8 Å². The monoisotopic (exact) mass is 238 g/mol. The van der Waals surface area contributed by atoms with Crippen molar-refractivity contribution in [2.24, 2.45) is 11.8 Å². The third-order valence-corrected chi connectivity index (χ3v) is 3.62. The molecule has 0 amide bonds. The summed E-state index contributed by atoms with van der Waals surface area (Å²) < 4.78 is 5.81. The van der Waals surface area contributed by atoms with Crippen LogP contribution in [-0.2, 0) is 4.74 Å². The summed E-state index contributed by atoms with van der Waals surface area (Å²) in [6.07, 6.45) is 9.78. The molecule has 17 heavy (non-hydrogen) atoms. The van der Waals surface area contributed by atoms with Crippen LogP contribution in [-0.4, -0.2) is 12.2 Å². The summed E-state index contributed by atoms with van der Waals surface area (Å²) in [6.45, 7) is 15.5. The molecule has 0 N–H and O–H groups in total. The zero-order valence-corrected chi connectivity index (χ0v) is 12.3. The van der Waals surface area contributed by atoms with Crippen LogP contribution >= 0.6 is 0 Å². The average molecular weight is 238 g/mol. The number of allylic oxidation sites excluding steroid dienone is 2. The van der Waals surface area contributed by atoms with Crippen molar-refractivity contribution in [2.45, 2.75) is 59.5 Å². The predicted octanol–water partition coefficient (Wildman–Crippen LogP) is 4.99. The van der Waals surface area contributed by atoms with Gasteiger partial charge in [-0.15, -0.1) is 6.58 Å². The second-order valence-electron chi connectivity index (χ2n) is 5.43. The van der Waals surface area contributed by atoms with Gasteiger partial charge in [0.25, 0.3) is 0 Å². The van der Waals surface area contributed by atoms with E-state index in [4.69, 9.17) is 4.74 Å². The molecule has 0 aliphatic carbocycles. The number of ether oxygens (including phenoxy) is 1. The fraction of sp³-hybridized carbons (Fsp3) is 0.750. The van der Waals surface area contributed by atoms with Crippen LogP contribution in [0.1, 0.15) is 53.9 Å². The van der Waals surface area contributed by atoms with E-state index in [1.165, 1.54) is 6.42 Å². The van der Waals surface area contributed by atoms with Gasteiger partial charge in [0.1, 0.15) is 0 Å². The molecule has 0 saturated carbocycles. The van der Waals surface area contributed by atoms with Crippen LogP contribution in [0.25, 0.3) is 0 Å². The molecule has 0 heterocycles.